The van der Waals surface area contributed by atoms with Gasteiger partial charge in [-0.1, -0.05) is 71.7 Å². The van der Waals surface area contributed by atoms with Gasteiger partial charge in [0.1, 0.15) is 0 Å². The number of hydrogen-bond donors (Lipinski definition) is 1. The van der Waals surface area contributed by atoms with Crippen LogP contribution in [0.5, 0.6) is 0 Å². The molecule has 1 nitrogen and oxygen atoms in total. The highest BCUT2D eigenvalue weighted by Crippen LogP contribution is 2.25. The maximum atomic E-state index is 6.24. The number of hydrogen-bond acceptors (Lipinski definition) is 1. The molecule has 102 valence electrons. The summed E-state index contributed by atoms with van der Waals surface area (Å²) in [6, 6.07) is 9.02. The van der Waals surface area contributed by atoms with Gasteiger partial charge in [0.05, 0.1) is 0 Å². The fraction of sp³-hybridized carbons (Fsp3) is 0.647. The molecule has 0 radical (unpaired) electrons. The van der Waals surface area contributed by atoms with Gasteiger partial charge in [0, 0.05) is 6.04 Å². The van der Waals surface area contributed by atoms with Gasteiger partial charge in [-0.3, -0.25) is 0 Å². The molecule has 0 bridgehead atoms. The average Bonchev–Trinajstić information content (AvgIpc) is 2.27. The molecule has 1 aromatic carbocycles. The predicted octanol–water partition coefficient (Wildman–Crippen LogP) is 4.81. The summed E-state index contributed by atoms with van der Waals surface area (Å²) < 4.78 is 0. The van der Waals surface area contributed by atoms with Gasteiger partial charge in [-0.25, -0.2) is 0 Å². The van der Waals surface area contributed by atoms with E-state index in [4.69, 9.17) is 5.73 Å². The van der Waals surface area contributed by atoms with E-state index in [1.807, 2.05) is 0 Å². The molecular weight excluding hydrogens is 218 g/mol. The molecule has 0 saturated heterocycles. The molecule has 0 fully saturated rings. The van der Waals surface area contributed by atoms with Crippen molar-refractivity contribution in [1.29, 1.82) is 0 Å². The number of nitrogens with two attached hydrogens (primary N) is 1. The van der Waals surface area contributed by atoms with Crippen LogP contribution in [-0.4, -0.2) is 0 Å². The van der Waals surface area contributed by atoms with Crippen molar-refractivity contribution >= 4 is 0 Å². The smallest absolute Gasteiger partial charge is 0.0294 e. The normalized spacial score (nSPS) is 13.9. The van der Waals surface area contributed by atoms with Gasteiger partial charge in [0.15, 0.2) is 0 Å². The van der Waals surface area contributed by atoms with Crippen LogP contribution in [0.25, 0.3) is 0 Å². The summed E-state index contributed by atoms with van der Waals surface area (Å²) in [5.41, 5.74) is 9.11. The van der Waals surface area contributed by atoms with Crippen molar-refractivity contribution in [2.45, 2.75) is 65.3 Å². The quantitative estimate of drug-likeness (QED) is 0.794. The Kier molecular flexibility index (Phi) is 5.40. The summed E-state index contributed by atoms with van der Waals surface area (Å²) >= 11 is 0. The average molecular weight is 247 g/mol. The first-order valence-corrected chi connectivity index (χ1v) is 7.16. The van der Waals surface area contributed by atoms with E-state index in [2.05, 4.69) is 58.9 Å². The zero-order valence-corrected chi connectivity index (χ0v) is 12.7. The second kappa shape index (κ2) is 6.38. The Balaban J connectivity index is 2.56. The standard InChI is InChI=1S/C17H29N/c1-13(2)7-6-8-16(18)14-9-11-15(12-10-14)17(3,4)5/h9-13,16H,6-8,18H2,1-5H3. The van der Waals surface area contributed by atoms with Gasteiger partial charge in [-0.15, -0.1) is 0 Å². The molecule has 0 saturated carbocycles. The first kappa shape index (κ1) is 15.2. The molecular formula is C17H29N. The van der Waals surface area contributed by atoms with Crippen LogP contribution in [0.3, 0.4) is 0 Å². The molecule has 0 aromatic heterocycles. The van der Waals surface area contributed by atoms with Crippen LogP contribution < -0.4 is 5.73 Å². The Morgan fingerprint density at radius 1 is 1.00 bits per heavy atom. The highest BCUT2D eigenvalue weighted by atomic mass is 14.6. The number of rotatable bonds is 5. The monoisotopic (exact) mass is 247 g/mol. The summed E-state index contributed by atoms with van der Waals surface area (Å²) in [5.74, 6) is 0.778. The summed E-state index contributed by atoms with van der Waals surface area (Å²) in [6.07, 6.45) is 3.58. The Bertz CT molecular complexity index is 343. The topological polar surface area (TPSA) is 26.0 Å². The molecule has 1 aromatic rings. The van der Waals surface area contributed by atoms with Crippen LogP contribution in [0.4, 0.5) is 0 Å². The highest BCUT2D eigenvalue weighted by Gasteiger charge is 2.14. The maximum absolute atomic E-state index is 6.24. The van der Waals surface area contributed by atoms with Crippen molar-refractivity contribution in [1.82, 2.24) is 0 Å². The fourth-order valence-electron chi connectivity index (χ4n) is 2.14. The van der Waals surface area contributed by atoms with E-state index < -0.39 is 0 Å². The van der Waals surface area contributed by atoms with Gasteiger partial charge in [0.2, 0.25) is 0 Å². The van der Waals surface area contributed by atoms with Crippen molar-refractivity contribution in [2.24, 2.45) is 11.7 Å². The van der Waals surface area contributed by atoms with E-state index >= 15 is 0 Å². The van der Waals surface area contributed by atoms with Crippen molar-refractivity contribution < 1.29 is 0 Å². The van der Waals surface area contributed by atoms with E-state index in [-0.39, 0.29) is 11.5 Å². The fourth-order valence-corrected chi connectivity index (χ4v) is 2.14. The van der Waals surface area contributed by atoms with Crippen molar-refractivity contribution in [2.75, 3.05) is 0 Å². The predicted molar refractivity (Wildman–Crippen MR) is 80.8 cm³/mol. The lowest BCUT2D eigenvalue weighted by atomic mass is 9.86. The van der Waals surface area contributed by atoms with E-state index in [9.17, 15) is 0 Å². The maximum Gasteiger partial charge on any atom is 0.0294 e. The zero-order chi connectivity index (χ0) is 13.8. The van der Waals surface area contributed by atoms with Gasteiger partial charge in [0.25, 0.3) is 0 Å². The molecule has 0 aliphatic rings. The minimum Gasteiger partial charge on any atom is -0.324 e. The summed E-state index contributed by atoms with van der Waals surface area (Å²) in [5, 5.41) is 0. The molecule has 0 aliphatic carbocycles. The molecule has 0 heterocycles. The number of benzene rings is 1. The van der Waals surface area contributed by atoms with Crippen LogP contribution in [0.1, 0.15) is 71.0 Å². The van der Waals surface area contributed by atoms with Crippen LogP contribution >= 0.6 is 0 Å². The van der Waals surface area contributed by atoms with E-state index in [1.54, 1.807) is 0 Å². The third-order valence-corrected chi connectivity index (χ3v) is 3.50. The van der Waals surface area contributed by atoms with Crippen LogP contribution in [-0.2, 0) is 5.41 Å². The van der Waals surface area contributed by atoms with Crippen LogP contribution in [0, 0.1) is 5.92 Å². The third kappa shape index (κ3) is 4.81. The van der Waals surface area contributed by atoms with E-state index in [0.717, 1.165) is 12.3 Å². The second-order valence-electron chi connectivity index (χ2n) is 6.80. The van der Waals surface area contributed by atoms with Gasteiger partial charge in [-0.05, 0) is 28.9 Å². The first-order valence-electron chi connectivity index (χ1n) is 7.16. The Labute approximate surface area is 113 Å². The lowest BCUT2D eigenvalue weighted by Gasteiger charge is -2.20. The van der Waals surface area contributed by atoms with Gasteiger partial charge in [-0.2, -0.15) is 0 Å². The summed E-state index contributed by atoms with van der Waals surface area (Å²) in [7, 11) is 0. The molecule has 1 unspecified atom stereocenters. The van der Waals surface area contributed by atoms with Crippen molar-refractivity contribution in [3.05, 3.63) is 35.4 Å². The molecule has 0 aliphatic heterocycles. The lowest BCUT2D eigenvalue weighted by Crippen LogP contribution is -2.13. The molecule has 2 N–H and O–H groups in total. The summed E-state index contributed by atoms with van der Waals surface area (Å²) in [4.78, 5) is 0. The third-order valence-electron chi connectivity index (χ3n) is 3.50. The minimum atomic E-state index is 0.192. The van der Waals surface area contributed by atoms with Crippen LogP contribution in [0.15, 0.2) is 24.3 Å². The molecule has 1 rings (SSSR count). The molecule has 1 atom stereocenters. The largest absolute Gasteiger partial charge is 0.324 e. The Hall–Kier alpha value is -0.820. The SMILES string of the molecule is CC(C)CCCC(N)c1ccc(C(C)(C)C)cc1. The molecule has 0 spiro atoms. The molecule has 1 heteroatoms. The minimum absolute atomic E-state index is 0.192. The van der Waals surface area contributed by atoms with Crippen molar-refractivity contribution in [3.8, 4) is 0 Å². The van der Waals surface area contributed by atoms with Crippen molar-refractivity contribution in [3.63, 3.8) is 0 Å². The van der Waals surface area contributed by atoms with Crippen LogP contribution in [0.2, 0.25) is 0 Å². The van der Waals surface area contributed by atoms with Gasteiger partial charge < -0.3 is 5.73 Å². The van der Waals surface area contributed by atoms with E-state index in [1.165, 1.54) is 24.0 Å². The molecule has 18 heavy (non-hydrogen) atoms. The lowest BCUT2D eigenvalue weighted by molar-refractivity contribution is 0.505. The Morgan fingerprint density at radius 2 is 1.56 bits per heavy atom. The Morgan fingerprint density at radius 3 is 2.00 bits per heavy atom. The first-order chi connectivity index (χ1) is 8.30. The van der Waals surface area contributed by atoms with E-state index in [0.29, 0.717) is 0 Å². The highest BCUT2D eigenvalue weighted by molar-refractivity contribution is 5.29. The second-order valence-corrected chi connectivity index (χ2v) is 6.80. The summed E-state index contributed by atoms with van der Waals surface area (Å²) in [6.45, 7) is 11.3. The molecule has 0 amide bonds. The zero-order valence-electron chi connectivity index (χ0n) is 12.7. The van der Waals surface area contributed by atoms with Gasteiger partial charge >= 0.3 is 0 Å².